The summed E-state index contributed by atoms with van der Waals surface area (Å²) in [4.78, 5) is 23.7. The molecule has 5 heteroatoms. The van der Waals surface area contributed by atoms with Gasteiger partial charge in [0.15, 0.2) is 0 Å². The highest BCUT2D eigenvalue weighted by molar-refractivity contribution is 5.81. The van der Waals surface area contributed by atoms with Crippen molar-refractivity contribution in [3.63, 3.8) is 0 Å². The summed E-state index contributed by atoms with van der Waals surface area (Å²) in [7, 11) is 2.89. The number of ether oxygens (including phenoxy) is 1. The van der Waals surface area contributed by atoms with E-state index in [9.17, 15) is 9.59 Å². The van der Waals surface area contributed by atoms with Gasteiger partial charge in [0, 0.05) is 13.5 Å². The minimum atomic E-state index is -0.405. The Morgan fingerprint density at radius 2 is 2.07 bits per heavy atom. The van der Waals surface area contributed by atoms with E-state index in [1.807, 2.05) is 6.92 Å². The molecule has 0 rings (SSSR count). The molecule has 1 atom stereocenters. The molecule has 0 spiro atoms. The quantitative estimate of drug-likeness (QED) is 0.634. The third-order valence-corrected chi connectivity index (χ3v) is 2.27. The van der Waals surface area contributed by atoms with E-state index in [1.54, 1.807) is 7.05 Å². The number of hydrogen-bond donors (Lipinski definition) is 1. The molecule has 2 N–H and O–H groups in total. The molecule has 0 saturated carbocycles. The molecule has 0 aromatic heterocycles. The van der Waals surface area contributed by atoms with Gasteiger partial charge in [-0.2, -0.15) is 0 Å². The molecule has 1 amide bonds. The van der Waals surface area contributed by atoms with Gasteiger partial charge >= 0.3 is 5.97 Å². The molecule has 0 bridgehead atoms. The number of carbonyl (C=O) groups is 2. The summed E-state index contributed by atoms with van der Waals surface area (Å²) in [6.45, 7) is 2.58. The largest absolute Gasteiger partial charge is 0.468 e. The van der Waals surface area contributed by atoms with E-state index < -0.39 is 5.97 Å². The first-order chi connectivity index (χ1) is 7.01. The van der Waals surface area contributed by atoms with Crippen molar-refractivity contribution < 1.29 is 14.3 Å². The molecule has 0 heterocycles. The van der Waals surface area contributed by atoms with Crippen LogP contribution in [0.25, 0.3) is 0 Å². The highest BCUT2D eigenvalue weighted by atomic mass is 16.5. The number of esters is 1. The van der Waals surface area contributed by atoms with Crippen molar-refractivity contribution in [3.8, 4) is 0 Å². The van der Waals surface area contributed by atoms with Crippen LogP contribution in [0.3, 0.4) is 0 Å². The van der Waals surface area contributed by atoms with Crippen LogP contribution in [-0.4, -0.2) is 44.0 Å². The maximum absolute atomic E-state index is 11.5. The summed E-state index contributed by atoms with van der Waals surface area (Å²) in [5.74, 6) is -0.126. The predicted molar refractivity (Wildman–Crippen MR) is 57.1 cm³/mol. The lowest BCUT2D eigenvalue weighted by molar-refractivity contribution is -0.146. The van der Waals surface area contributed by atoms with E-state index in [0.717, 1.165) is 6.42 Å². The van der Waals surface area contributed by atoms with E-state index in [-0.39, 0.29) is 12.5 Å². The van der Waals surface area contributed by atoms with E-state index in [4.69, 9.17) is 5.73 Å². The lowest BCUT2D eigenvalue weighted by Crippen LogP contribution is -2.32. The van der Waals surface area contributed by atoms with Crippen LogP contribution in [0.1, 0.15) is 19.8 Å². The van der Waals surface area contributed by atoms with E-state index in [2.05, 4.69) is 4.74 Å². The zero-order valence-corrected chi connectivity index (χ0v) is 9.66. The molecular formula is C10H20N2O3. The molecule has 15 heavy (non-hydrogen) atoms. The van der Waals surface area contributed by atoms with Crippen LogP contribution >= 0.6 is 0 Å². The number of nitrogens with two attached hydrogens (primary N) is 1. The smallest absolute Gasteiger partial charge is 0.325 e. The van der Waals surface area contributed by atoms with Crippen LogP contribution in [0.15, 0.2) is 0 Å². The topological polar surface area (TPSA) is 72.6 Å². The fourth-order valence-electron chi connectivity index (χ4n) is 1.02. The lowest BCUT2D eigenvalue weighted by Gasteiger charge is -2.16. The average Bonchev–Trinajstić information content (AvgIpc) is 2.24. The summed E-state index contributed by atoms with van der Waals surface area (Å²) in [5, 5.41) is 0. The third kappa shape index (κ3) is 6.06. The molecule has 0 saturated heterocycles. The summed E-state index contributed by atoms with van der Waals surface area (Å²) in [6, 6.07) is 0. The van der Waals surface area contributed by atoms with E-state index in [0.29, 0.717) is 18.9 Å². The van der Waals surface area contributed by atoms with Gasteiger partial charge in [0.25, 0.3) is 0 Å². The molecule has 0 radical (unpaired) electrons. The normalized spacial score (nSPS) is 12.0. The van der Waals surface area contributed by atoms with Gasteiger partial charge in [-0.15, -0.1) is 0 Å². The molecule has 0 aromatic carbocycles. The SMILES string of the molecule is COC(=O)CN(C)C(=O)CCC(C)CN. The third-order valence-electron chi connectivity index (χ3n) is 2.27. The molecule has 1 unspecified atom stereocenters. The van der Waals surface area contributed by atoms with Crippen LogP contribution in [-0.2, 0) is 14.3 Å². The predicted octanol–water partition coefficient (Wildman–Crippen LogP) is -0.00720. The highest BCUT2D eigenvalue weighted by Gasteiger charge is 2.13. The van der Waals surface area contributed by atoms with Gasteiger partial charge in [-0.25, -0.2) is 0 Å². The maximum atomic E-state index is 11.5. The van der Waals surface area contributed by atoms with Gasteiger partial charge < -0.3 is 15.4 Å². The van der Waals surface area contributed by atoms with Gasteiger partial charge in [-0.05, 0) is 18.9 Å². The second kappa shape index (κ2) is 7.23. The number of carbonyl (C=O) groups excluding carboxylic acids is 2. The number of hydrogen-bond acceptors (Lipinski definition) is 4. The second-order valence-corrected chi connectivity index (χ2v) is 3.71. The Morgan fingerprint density at radius 3 is 2.53 bits per heavy atom. The molecular weight excluding hydrogens is 196 g/mol. The van der Waals surface area contributed by atoms with Gasteiger partial charge in [-0.3, -0.25) is 9.59 Å². The van der Waals surface area contributed by atoms with Crippen LogP contribution < -0.4 is 5.73 Å². The molecule has 0 aliphatic heterocycles. The monoisotopic (exact) mass is 216 g/mol. The van der Waals surface area contributed by atoms with Crippen molar-refractivity contribution in [2.45, 2.75) is 19.8 Å². The Hall–Kier alpha value is -1.10. The van der Waals surface area contributed by atoms with Crippen LogP contribution in [0, 0.1) is 5.92 Å². The Kier molecular flexibility index (Phi) is 6.70. The number of methoxy groups -OCH3 is 1. The van der Waals surface area contributed by atoms with Crippen molar-refractivity contribution in [1.29, 1.82) is 0 Å². The zero-order chi connectivity index (χ0) is 11.8. The van der Waals surface area contributed by atoms with Gasteiger partial charge in [0.2, 0.25) is 5.91 Å². The molecule has 88 valence electrons. The Labute approximate surface area is 90.6 Å². The van der Waals surface area contributed by atoms with Crippen LogP contribution in [0.2, 0.25) is 0 Å². The van der Waals surface area contributed by atoms with Gasteiger partial charge in [0.05, 0.1) is 7.11 Å². The fraction of sp³-hybridized carbons (Fsp3) is 0.800. The number of likely N-dealkylation sites (N-methyl/N-ethyl adjacent to an activating group) is 1. The number of nitrogens with zero attached hydrogens (tertiary/aromatic N) is 1. The zero-order valence-electron chi connectivity index (χ0n) is 9.66. The number of amides is 1. The summed E-state index contributed by atoms with van der Waals surface area (Å²) >= 11 is 0. The fourth-order valence-corrected chi connectivity index (χ4v) is 1.02. The standard InChI is InChI=1S/C10H20N2O3/c1-8(6-11)4-5-9(13)12(2)7-10(14)15-3/h8H,4-7,11H2,1-3H3. The first kappa shape index (κ1) is 13.9. The molecule has 0 aliphatic rings. The Balaban J connectivity index is 3.84. The van der Waals surface area contributed by atoms with Gasteiger partial charge in [0.1, 0.15) is 6.54 Å². The van der Waals surface area contributed by atoms with Crippen molar-refractivity contribution in [3.05, 3.63) is 0 Å². The van der Waals surface area contributed by atoms with Crippen LogP contribution in [0.4, 0.5) is 0 Å². The Bertz CT molecular complexity index is 219. The molecule has 0 aliphatic carbocycles. The van der Waals surface area contributed by atoms with Crippen LogP contribution in [0.5, 0.6) is 0 Å². The molecule has 5 nitrogen and oxygen atoms in total. The second-order valence-electron chi connectivity index (χ2n) is 3.71. The lowest BCUT2D eigenvalue weighted by atomic mass is 10.1. The van der Waals surface area contributed by atoms with Crippen molar-refractivity contribution in [1.82, 2.24) is 4.90 Å². The maximum Gasteiger partial charge on any atom is 0.325 e. The Morgan fingerprint density at radius 1 is 1.47 bits per heavy atom. The minimum absolute atomic E-state index is 0.00629. The van der Waals surface area contributed by atoms with Gasteiger partial charge in [-0.1, -0.05) is 6.92 Å². The van der Waals surface area contributed by atoms with Crippen molar-refractivity contribution in [2.24, 2.45) is 11.7 Å². The van der Waals surface area contributed by atoms with Crippen molar-refractivity contribution >= 4 is 11.9 Å². The highest BCUT2D eigenvalue weighted by Crippen LogP contribution is 2.05. The van der Waals surface area contributed by atoms with E-state index >= 15 is 0 Å². The minimum Gasteiger partial charge on any atom is -0.468 e. The summed E-state index contributed by atoms with van der Waals surface area (Å²) < 4.78 is 4.46. The first-order valence-corrected chi connectivity index (χ1v) is 5.02. The summed E-state index contributed by atoms with van der Waals surface area (Å²) in [5.41, 5.74) is 5.44. The molecule has 0 aromatic rings. The first-order valence-electron chi connectivity index (χ1n) is 5.02. The molecule has 0 fully saturated rings. The summed E-state index contributed by atoms with van der Waals surface area (Å²) in [6.07, 6.45) is 1.17. The van der Waals surface area contributed by atoms with Crippen molar-refractivity contribution in [2.75, 3.05) is 27.2 Å². The number of rotatable bonds is 6. The average molecular weight is 216 g/mol. The van der Waals surface area contributed by atoms with E-state index in [1.165, 1.54) is 12.0 Å².